The molecule has 0 aromatic carbocycles. The maximum Gasteiger partial charge on any atom is 0.358 e. The van der Waals surface area contributed by atoms with Crippen LogP contribution in [0.2, 0.25) is 0 Å². The van der Waals surface area contributed by atoms with Crippen LogP contribution in [0.5, 0.6) is 0 Å². The summed E-state index contributed by atoms with van der Waals surface area (Å²) < 4.78 is 6.56. The molecule has 1 aliphatic carbocycles. The zero-order chi connectivity index (χ0) is 13.4. The molecule has 0 amide bonds. The van der Waals surface area contributed by atoms with Gasteiger partial charge in [-0.05, 0) is 25.0 Å². The third-order valence-corrected chi connectivity index (χ3v) is 3.12. The molecule has 0 bridgehead atoms. The van der Waals surface area contributed by atoms with Crippen molar-refractivity contribution in [2.75, 3.05) is 12.8 Å². The second-order valence-corrected chi connectivity index (χ2v) is 4.57. The predicted octanol–water partition coefficient (Wildman–Crippen LogP) is 1.65. The molecule has 1 fully saturated rings. The van der Waals surface area contributed by atoms with Gasteiger partial charge in [-0.25, -0.2) is 9.78 Å². The Bertz CT molecular complexity index is 631. The van der Waals surface area contributed by atoms with Crippen molar-refractivity contribution in [2.24, 2.45) is 0 Å². The maximum absolute atomic E-state index is 11.4. The molecule has 2 N–H and O–H groups in total. The molecule has 0 radical (unpaired) electrons. The Labute approximate surface area is 110 Å². The number of ether oxygens (including phenoxy) is 1. The summed E-state index contributed by atoms with van der Waals surface area (Å²) in [6, 6.07) is 4.15. The number of esters is 1. The highest BCUT2D eigenvalue weighted by Crippen LogP contribution is 2.34. The molecule has 1 saturated carbocycles. The van der Waals surface area contributed by atoms with Gasteiger partial charge in [-0.2, -0.15) is 5.10 Å². The highest BCUT2D eigenvalue weighted by Gasteiger charge is 2.24. The lowest BCUT2D eigenvalue weighted by Crippen LogP contribution is -2.08. The average molecular weight is 258 g/mol. The van der Waals surface area contributed by atoms with Crippen molar-refractivity contribution in [1.82, 2.24) is 14.8 Å². The Morgan fingerprint density at radius 1 is 1.53 bits per heavy atom. The molecule has 2 heterocycles. The third kappa shape index (κ3) is 2.16. The van der Waals surface area contributed by atoms with Crippen LogP contribution in [-0.2, 0) is 4.74 Å². The monoisotopic (exact) mass is 258 g/mol. The summed E-state index contributed by atoms with van der Waals surface area (Å²) >= 11 is 0. The number of methoxy groups -OCH3 is 1. The van der Waals surface area contributed by atoms with Gasteiger partial charge in [-0.3, -0.25) is 4.68 Å². The van der Waals surface area contributed by atoms with Crippen LogP contribution in [0.4, 0.5) is 5.69 Å². The number of carbonyl (C=O) groups is 1. The maximum atomic E-state index is 11.4. The number of anilines is 1. The Balaban J connectivity index is 1.92. The quantitative estimate of drug-likeness (QED) is 0.846. The molecule has 0 atom stereocenters. The molecular formula is C13H14N4O2. The van der Waals surface area contributed by atoms with Crippen LogP contribution >= 0.6 is 0 Å². The van der Waals surface area contributed by atoms with E-state index in [0.717, 1.165) is 11.3 Å². The summed E-state index contributed by atoms with van der Waals surface area (Å²) in [5, 5.41) is 4.48. The molecule has 3 rings (SSSR count). The van der Waals surface area contributed by atoms with E-state index in [1.165, 1.54) is 20.0 Å². The summed E-state index contributed by atoms with van der Waals surface area (Å²) in [6.45, 7) is 0. The minimum atomic E-state index is -0.535. The second kappa shape index (κ2) is 4.38. The van der Waals surface area contributed by atoms with Crippen LogP contribution in [0.15, 0.2) is 24.5 Å². The van der Waals surface area contributed by atoms with Crippen molar-refractivity contribution < 1.29 is 9.53 Å². The number of nitrogens with two attached hydrogens (primary N) is 1. The van der Waals surface area contributed by atoms with Gasteiger partial charge >= 0.3 is 5.97 Å². The molecule has 2 aromatic rings. The van der Waals surface area contributed by atoms with E-state index in [1.54, 1.807) is 12.3 Å². The van der Waals surface area contributed by atoms with E-state index in [1.807, 2.05) is 16.9 Å². The summed E-state index contributed by atoms with van der Waals surface area (Å²) in [7, 11) is 1.30. The van der Waals surface area contributed by atoms with E-state index in [4.69, 9.17) is 5.73 Å². The average Bonchev–Trinajstić information content (AvgIpc) is 3.15. The van der Waals surface area contributed by atoms with E-state index in [-0.39, 0.29) is 5.69 Å². The first-order valence-corrected chi connectivity index (χ1v) is 6.08. The molecule has 1 aliphatic rings. The smallest absolute Gasteiger partial charge is 0.358 e. The SMILES string of the molecule is COC(=O)c1ncc(-c2ccn(C3CC3)n2)cc1N. The fourth-order valence-electron chi connectivity index (χ4n) is 1.92. The Morgan fingerprint density at radius 2 is 2.32 bits per heavy atom. The number of nitrogen functional groups attached to an aromatic ring is 1. The number of hydrogen-bond acceptors (Lipinski definition) is 5. The predicted molar refractivity (Wildman–Crippen MR) is 69.5 cm³/mol. The van der Waals surface area contributed by atoms with E-state index in [2.05, 4.69) is 14.8 Å². The van der Waals surface area contributed by atoms with Gasteiger partial charge in [-0.1, -0.05) is 0 Å². The van der Waals surface area contributed by atoms with Crippen molar-refractivity contribution >= 4 is 11.7 Å². The number of pyridine rings is 1. The molecule has 6 heteroatoms. The molecule has 2 aromatic heterocycles. The van der Waals surface area contributed by atoms with Gasteiger partial charge in [-0.15, -0.1) is 0 Å². The van der Waals surface area contributed by atoms with E-state index >= 15 is 0 Å². The minimum Gasteiger partial charge on any atom is -0.464 e. The van der Waals surface area contributed by atoms with Gasteiger partial charge in [0.05, 0.1) is 24.5 Å². The Kier molecular flexibility index (Phi) is 2.70. The van der Waals surface area contributed by atoms with Crippen LogP contribution in [-0.4, -0.2) is 27.8 Å². The Morgan fingerprint density at radius 3 is 2.95 bits per heavy atom. The first kappa shape index (κ1) is 11.7. The zero-order valence-electron chi connectivity index (χ0n) is 10.5. The van der Waals surface area contributed by atoms with Gasteiger partial charge in [0.25, 0.3) is 0 Å². The highest BCUT2D eigenvalue weighted by molar-refractivity contribution is 5.93. The Hall–Kier alpha value is -2.37. The summed E-state index contributed by atoms with van der Waals surface area (Å²) in [5.41, 5.74) is 7.85. The fraction of sp³-hybridized carbons (Fsp3) is 0.308. The van der Waals surface area contributed by atoms with Gasteiger partial charge < -0.3 is 10.5 Å². The molecule has 98 valence electrons. The van der Waals surface area contributed by atoms with E-state index in [0.29, 0.717) is 11.7 Å². The lowest BCUT2D eigenvalue weighted by molar-refractivity contribution is 0.0595. The van der Waals surface area contributed by atoms with Gasteiger partial charge in [0.2, 0.25) is 0 Å². The summed E-state index contributed by atoms with van der Waals surface area (Å²) in [6.07, 6.45) is 5.91. The number of rotatable bonds is 3. The second-order valence-electron chi connectivity index (χ2n) is 4.57. The topological polar surface area (TPSA) is 83.0 Å². The van der Waals surface area contributed by atoms with Gasteiger partial charge in [0.15, 0.2) is 5.69 Å². The molecule has 19 heavy (non-hydrogen) atoms. The lowest BCUT2D eigenvalue weighted by Gasteiger charge is -2.04. The van der Waals surface area contributed by atoms with E-state index < -0.39 is 5.97 Å². The van der Waals surface area contributed by atoms with Crippen molar-refractivity contribution in [1.29, 1.82) is 0 Å². The molecular weight excluding hydrogens is 244 g/mol. The van der Waals surface area contributed by atoms with Crippen LogP contribution in [0, 0.1) is 0 Å². The first-order valence-electron chi connectivity index (χ1n) is 6.08. The van der Waals surface area contributed by atoms with E-state index in [9.17, 15) is 4.79 Å². The number of hydrogen-bond donors (Lipinski definition) is 1. The number of nitrogens with zero attached hydrogens (tertiary/aromatic N) is 3. The minimum absolute atomic E-state index is 0.132. The van der Waals surface area contributed by atoms with Gasteiger partial charge in [0, 0.05) is 18.0 Å². The van der Waals surface area contributed by atoms with Crippen molar-refractivity contribution in [3.63, 3.8) is 0 Å². The van der Waals surface area contributed by atoms with Gasteiger partial charge in [0.1, 0.15) is 0 Å². The third-order valence-electron chi connectivity index (χ3n) is 3.12. The standard InChI is InChI=1S/C13H14N4O2/c1-19-13(18)12-10(14)6-8(7-15-12)11-4-5-17(16-11)9-2-3-9/h4-7,9H,2-3,14H2,1H3. The van der Waals surface area contributed by atoms with Crippen molar-refractivity contribution in [2.45, 2.75) is 18.9 Å². The lowest BCUT2D eigenvalue weighted by atomic mass is 10.2. The van der Waals surface area contributed by atoms with Crippen LogP contribution in [0.25, 0.3) is 11.3 Å². The molecule has 0 spiro atoms. The molecule has 0 saturated heterocycles. The summed E-state index contributed by atoms with van der Waals surface area (Å²) in [4.78, 5) is 15.4. The fourth-order valence-corrected chi connectivity index (χ4v) is 1.92. The van der Waals surface area contributed by atoms with Crippen molar-refractivity contribution in [3.8, 4) is 11.3 Å². The first-order chi connectivity index (χ1) is 9.19. The molecule has 6 nitrogen and oxygen atoms in total. The molecule has 0 unspecified atom stereocenters. The summed E-state index contributed by atoms with van der Waals surface area (Å²) in [5.74, 6) is -0.535. The van der Waals surface area contributed by atoms with Crippen molar-refractivity contribution in [3.05, 3.63) is 30.2 Å². The van der Waals surface area contributed by atoms with Crippen LogP contribution < -0.4 is 5.73 Å². The van der Waals surface area contributed by atoms with Crippen LogP contribution in [0.3, 0.4) is 0 Å². The number of carbonyl (C=O) groups excluding carboxylic acids is 1. The zero-order valence-corrected chi connectivity index (χ0v) is 10.5. The number of aromatic nitrogens is 3. The normalized spacial score (nSPS) is 14.4. The largest absolute Gasteiger partial charge is 0.464 e. The van der Waals surface area contributed by atoms with Crippen LogP contribution in [0.1, 0.15) is 29.4 Å². The highest BCUT2D eigenvalue weighted by atomic mass is 16.5. The molecule has 0 aliphatic heterocycles.